The van der Waals surface area contributed by atoms with Gasteiger partial charge in [-0.25, -0.2) is 4.79 Å². The quantitative estimate of drug-likeness (QED) is 0.697. The molecule has 2 aromatic carbocycles. The van der Waals surface area contributed by atoms with Crippen LogP contribution in [0.4, 0.5) is 0 Å². The zero-order valence-electron chi connectivity index (χ0n) is 12.6. The van der Waals surface area contributed by atoms with Gasteiger partial charge < -0.3 is 14.5 Å². The zero-order valence-corrected chi connectivity index (χ0v) is 13.4. The number of hydrogen-bond donors (Lipinski definition) is 1. The molecule has 3 rings (SSSR count). The van der Waals surface area contributed by atoms with E-state index in [0.29, 0.717) is 29.7 Å². The largest absolute Gasteiger partial charge is 0.488 e. The molecule has 118 valence electrons. The van der Waals surface area contributed by atoms with Crippen molar-refractivity contribution in [1.29, 1.82) is 0 Å². The summed E-state index contributed by atoms with van der Waals surface area (Å²) in [6, 6.07) is 14.9. The van der Waals surface area contributed by atoms with Crippen LogP contribution in [-0.2, 0) is 11.3 Å². The normalized spacial score (nSPS) is 10.7. The van der Waals surface area contributed by atoms with E-state index in [-0.39, 0.29) is 5.97 Å². The Labute approximate surface area is 139 Å². The number of fused-ring (bicyclic) bond motifs is 1. The molecule has 1 heterocycles. The Balaban J connectivity index is 1.82. The van der Waals surface area contributed by atoms with Gasteiger partial charge in [0.1, 0.15) is 18.1 Å². The number of rotatable bonds is 5. The number of aromatic amines is 1. The lowest BCUT2D eigenvalue weighted by Gasteiger charge is -2.07. The molecule has 0 spiro atoms. The monoisotopic (exact) mass is 329 g/mol. The topological polar surface area (TPSA) is 51.3 Å². The van der Waals surface area contributed by atoms with E-state index in [4.69, 9.17) is 21.1 Å². The van der Waals surface area contributed by atoms with Crippen molar-refractivity contribution in [1.82, 2.24) is 4.98 Å². The second-order valence-electron chi connectivity index (χ2n) is 5.04. The van der Waals surface area contributed by atoms with Crippen molar-refractivity contribution in [3.05, 3.63) is 64.8 Å². The van der Waals surface area contributed by atoms with Crippen LogP contribution in [0.2, 0.25) is 5.02 Å². The van der Waals surface area contributed by atoms with E-state index in [1.807, 2.05) is 42.5 Å². The fraction of sp³-hybridized carbons (Fsp3) is 0.167. The summed E-state index contributed by atoms with van der Waals surface area (Å²) in [5.74, 6) is 0.344. The Kier molecular flexibility index (Phi) is 4.53. The summed E-state index contributed by atoms with van der Waals surface area (Å²) in [5, 5.41) is 1.55. The molecule has 0 aliphatic rings. The molecule has 23 heavy (non-hydrogen) atoms. The predicted octanol–water partition coefficient (Wildman–Crippen LogP) is 4.58. The van der Waals surface area contributed by atoms with Crippen LogP contribution in [0.15, 0.2) is 48.5 Å². The second-order valence-corrected chi connectivity index (χ2v) is 5.47. The van der Waals surface area contributed by atoms with Gasteiger partial charge in [-0.1, -0.05) is 29.8 Å². The Hall–Kier alpha value is -2.46. The zero-order chi connectivity index (χ0) is 16.2. The Bertz CT molecular complexity index is 824. The van der Waals surface area contributed by atoms with Gasteiger partial charge in [0.05, 0.1) is 6.61 Å². The third-order valence-electron chi connectivity index (χ3n) is 3.43. The third kappa shape index (κ3) is 3.48. The standard InChI is InChI=1S/C18H16ClNO3/c1-2-22-18(21)16-10-14-15(20-16)4-3-5-17(14)23-11-12-6-8-13(19)9-7-12/h3-10,20H,2,11H2,1H3. The van der Waals surface area contributed by atoms with Gasteiger partial charge in [0.15, 0.2) is 0 Å². The number of benzene rings is 2. The van der Waals surface area contributed by atoms with E-state index < -0.39 is 0 Å². The van der Waals surface area contributed by atoms with Crippen LogP contribution < -0.4 is 4.74 Å². The highest BCUT2D eigenvalue weighted by molar-refractivity contribution is 6.30. The van der Waals surface area contributed by atoms with E-state index in [0.717, 1.165) is 16.5 Å². The lowest BCUT2D eigenvalue weighted by Crippen LogP contribution is -2.04. The molecule has 5 heteroatoms. The molecule has 0 aliphatic carbocycles. The molecule has 0 saturated carbocycles. The molecule has 1 N–H and O–H groups in total. The Morgan fingerprint density at radius 3 is 2.70 bits per heavy atom. The highest BCUT2D eigenvalue weighted by Crippen LogP contribution is 2.27. The van der Waals surface area contributed by atoms with Crippen LogP contribution in [0.1, 0.15) is 23.0 Å². The molecule has 1 aromatic heterocycles. The first kappa shape index (κ1) is 15.4. The molecule has 0 unspecified atom stereocenters. The fourth-order valence-electron chi connectivity index (χ4n) is 2.31. The molecule has 0 bridgehead atoms. The second kappa shape index (κ2) is 6.75. The molecular formula is C18H16ClNO3. The van der Waals surface area contributed by atoms with E-state index in [1.165, 1.54) is 0 Å². The maximum Gasteiger partial charge on any atom is 0.354 e. The highest BCUT2D eigenvalue weighted by atomic mass is 35.5. The van der Waals surface area contributed by atoms with Gasteiger partial charge in [0.2, 0.25) is 0 Å². The van der Waals surface area contributed by atoms with E-state index in [2.05, 4.69) is 4.98 Å². The minimum Gasteiger partial charge on any atom is -0.488 e. The number of ether oxygens (including phenoxy) is 2. The van der Waals surface area contributed by atoms with Gasteiger partial charge in [0.25, 0.3) is 0 Å². The van der Waals surface area contributed by atoms with Crippen LogP contribution in [0.3, 0.4) is 0 Å². The number of aromatic nitrogens is 1. The lowest BCUT2D eigenvalue weighted by molar-refractivity contribution is 0.0520. The highest BCUT2D eigenvalue weighted by Gasteiger charge is 2.13. The molecule has 3 aromatic rings. The van der Waals surface area contributed by atoms with Gasteiger partial charge in [0, 0.05) is 15.9 Å². The van der Waals surface area contributed by atoms with E-state index in [9.17, 15) is 4.79 Å². The summed E-state index contributed by atoms with van der Waals surface area (Å²) in [7, 11) is 0. The van der Waals surface area contributed by atoms with Gasteiger partial charge in [-0.15, -0.1) is 0 Å². The number of carbonyl (C=O) groups excluding carboxylic acids is 1. The van der Waals surface area contributed by atoms with Crippen LogP contribution in [0, 0.1) is 0 Å². The number of hydrogen-bond acceptors (Lipinski definition) is 3. The van der Waals surface area contributed by atoms with Crippen molar-refractivity contribution >= 4 is 28.5 Å². The molecule has 0 radical (unpaired) electrons. The number of nitrogens with one attached hydrogen (secondary N) is 1. The van der Waals surface area contributed by atoms with Gasteiger partial charge in [-0.3, -0.25) is 0 Å². The summed E-state index contributed by atoms with van der Waals surface area (Å²) in [4.78, 5) is 14.9. The average molecular weight is 330 g/mol. The van der Waals surface area contributed by atoms with Crippen molar-refractivity contribution in [3.8, 4) is 5.75 Å². The number of esters is 1. The van der Waals surface area contributed by atoms with Gasteiger partial charge in [-0.2, -0.15) is 0 Å². The summed E-state index contributed by atoms with van der Waals surface area (Å²) < 4.78 is 10.9. The molecular weight excluding hydrogens is 314 g/mol. The summed E-state index contributed by atoms with van der Waals surface area (Å²) in [6.45, 7) is 2.55. The number of carbonyl (C=O) groups is 1. The maximum absolute atomic E-state index is 11.8. The first-order valence-corrected chi connectivity index (χ1v) is 7.71. The summed E-state index contributed by atoms with van der Waals surface area (Å²) in [6.07, 6.45) is 0. The average Bonchev–Trinajstić information content (AvgIpc) is 2.99. The van der Waals surface area contributed by atoms with E-state index in [1.54, 1.807) is 13.0 Å². The van der Waals surface area contributed by atoms with Crippen molar-refractivity contribution in [2.24, 2.45) is 0 Å². The van der Waals surface area contributed by atoms with Crippen molar-refractivity contribution in [2.45, 2.75) is 13.5 Å². The molecule has 0 fully saturated rings. The maximum atomic E-state index is 11.8. The first-order chi connectivity index (χ1) is 11.2. The van der Waals surface area contributed by atoms with Crippen LogP contribution in [0.25, 0.3) is 10.9 Å². The molecule has 0 atom stereocenters. The Morgan fingerprint density at radius 1 is 1.17 bits per heavy atom. The minimum atomic E-state index is -0.368. The van der Waals surface area contributed by atoms with Crippen LogP contribution in [-0.4, -0.2) is 17.6 Å². The minimum absolute atomic E-state index is 0.341. The van der Waals surface area contributed by atoms with E-state index >= 15 is 0 Å². The summed E-state index contributed by atoms with van der Waals surface area (Å²) >= 11 is 5.88. The summed E-state index contributed by atoms with van der Waals surface area (Å²) in [5.41, 5.74) is 2.28. The van der Waals surface area contributed by atoms with Gasteiger partial charge >= 0.3 is 5.97 Å². The van der Waals surface area contributed by atoms with Crippen LogP contribution in [0.5, 0.6) is 5.75 Å². The Morgan fingerprint density at radius 2 is 1.96 bits per heavy atom. The molecule has 4 nitrogen and oxygen atoms in total. The molecule has 0 aliphatic heterocycles. The number of H-pyrrole nitrogens is 1. The molecule has 0 saturated heterocycles. The SMILES string of the molecule is CCOC(=O)c1cc2c(OCc3ccc(Cl)cc3)cccc2[nH]1. The van der Waals surface area contributed by atoms with Crippen molar-refractivity contribution in [3.63, 3.8) is 0 Å². The lowest BCUT2D eigenvalue weighted by atomic mass is 10.2. The molecule has 0 amide bonds. The van der Waals surface area contributed by atoms with Gasteiger partial charge in [-0.05, 0) is 42.8 Å². The predicted molar refractivity (Wildman–Crippen MR) is 90.0 cm³/mol. The number of halogens is 1. The smallest absolute Gasteiger partial charge is 0.354 e. The third-order valence-corrected chi connectivity index (χ3v) is 3.68. The van der Waals surface area contributed by atoms with Crippen LogP contribution >= 0.6 is 11.6 Å². The van der Waals surface area contributed by atoms with Crippen molar-refractivity contribution in [2.75, 3.05) is 6.61 Å². The first-order valence-electron chi connectivity index (χ1n) is 7.33. The fourth-order valence-corrected chi connectivity index (χ4v) is 2.44. The van der Waals surface area contributed by atoms with Crippen molar-refractivity contribution < 1.29 is 14.3 Å².